The Balaban J connectivity index is 2.10. The maximum Gasteiger partial charge on any atom is 0.160 e. The highest BCUT2D eigenvalue weighted by atomic mass is 15.0. The molecule has 0 amide bonds. The Labute approximate surface area is 136 Å². The van der Waals surface area contributed by atoms with Gasteiger partial charge in [-0.3, -0.25) is 0 Å². The summed E-state index contributed by atoms with van der Waals surface area (Å²) in [6.45, 7) is 3.32. The summed E-state index contributed by atoms with van der Waals surface area (Å²) in [6, 6.07) is 18.3. The highest BCUT2D eigenvalue weighted by molar-refractivity contribution is 5.76. The van der Waals surface area contributed by atoms with Crippen LogP contribution in [-0.4, -0.2) is 23.1 Å². The predicted octanol–water partition coefficient (Wildman–Crippen LogP) is 3.49. The van der Waals surface area contributed by atoms with Gasteiger partial charge in [-0.15, -0.1) is 0 Å². The van der Waals surface area contributed by atoms with Gasteiger partial charge < -0.3 is 11.1 Å². The summed E-state index contributed by atoms with van der Waals surface area (Å²) in [5.74, 6) is 0.736. The Morgan fingerprint density at radius 1 is 1.00 bits per heavy atom. The van der Waals surface area contributed by atoms with Crippen LogP contribution in [0.3, 0.4) is 0 Å². The van der Waals surface area contributed by atoms with Crippen molar-refractivity contribution in [3.05, 3.63) is 66.4 Å². The van der Waals surface area contributed by atoms with E-state index in [4.69, 9.17) is 10.7 Å². The van der Waals surface area contributed by atoms with Crippen molar-refractivity contribution in [1.82, 2.24) is 9.97 Å². The fraction of sp³-hybridized carbons (Fsp3) is 0.158. The lowest BCUT2D eigenvalue weighted by Crippen LogP contribution is -2.14. The van der Waals surface area contributed by atoms with Gasteiger partial charge in [0.15, 0.2) is 5.82 Å². The van der Waals surface area contributed by atoms with E-state index in [-0.39, 0.29) is 0 Å². The van der Waals surface area contributed by atoms with Crippen LogP contribution >= 0.6 is 0 Å². The van der Waals surface area contributed by atoms with E-state index in [1.54, 1.807) is 0 Å². The summed E-state index contributed by atoms with van der Waals surface area (Å²) in [6.07, 6.45) is 1.84. The zero-order valence-corrected chi connectivity index (χ0v) is 13.2. The molecule has 0 aliphatic carbocycles. The lowest BCUT2D eigenvalue weighted by Gasteiger charge is -2.13. The maximum absolute atomic E-state index is 5.60. The molecule has 0 saturated carbocycles. The van der Waals surface area contributed by atoms with Crippen LogP contribution in [0, 0.1) is 6.92 Å². The minimum atomic E-state index is 0.563. The molecule has 4 nitrogen and oxygen atoms in total. The monoisotopic (exact) mass is 304 g/mol. The van der Waals surface area contributed by atoms with Gasteiger partial charge in [0.1, 0.15) is 0 Å². The van der Waals surface area contributed by atoms with Gasteiger partial charge in [0.25, 0.3) is 0 Å². The number of hydrogen-bond acceptors (Lipinski definition) is 4. The molecule has 0 aliphatic heterocycles. The number of benzene rings is 2. The van der Waals surface area contributed by atoms with Crippen LogP contribution in [0.1, 0.15) is 5.56 Å². The lowest BCUT2D eigenvalue weighted by molar-refractivity contribution is 1.02. The molecule has 0 bridgehead atoms. The summed E-state index contributed by atoms with van der Waals surface area (Å²) in [5.41, 5.74) is 10.7. The number of aromatic nitrogens is 2. The topological polar surface area (TPSA) is 63.8 Å². The first kappa shape index (κ1) is 15.2. The molecule has 1 aromatic heterocycles. The molecule has 116 valence electrons. The maximum atomic E-state index is 5.60. The molecule has 0 aliphatic rings. The van der Waals surface area contributed by atoms with Crippen LogP contribution < -0.4 is 11.1 Å². The first-order valence-corrected chi connectivity index (χ1v) is 7.72. The van der Waals surface area contributed by atoms with Crippen molar-refractivity contribution in [3.63, 3.8) is 0 Å². The van der Waals surface area contributed by atoms with Crippen LogP contribution in [0.5, 0.6) is 0 Å². The highest BCUT2D eigenvalue weighted by Gasteiger charge is 2.11. The second-order valence-corrected chi connectivity index (χ2v) is 5.35. The number of aryl methyl sites for hydroxylation is 1. The molecule has 0 fully saturated rings. The molecule has 23 heavy (non-hydrogen) atoms. The van der Waals surface area contributed by atoms with Gasteiger partial charge in [-0.25, -0.2) is 9.97 Å². The van der Waals surface area contributed by atoms with Crippen molar-refractivity contribution in [1.29, 1.82) is 0 Å². The van der Waals surface area contributed by atoms with E-state index < -0.39 is 0 Å². The van der Waals surface area contributed by atoms with Crippen LogP contribution in [-0.2, 0) is 0 Å². The van der Waals surface area contributed by atoms with Crippen LogP contribution in [0.25, 0.3) is 22.6 Å². The third-order valence-corrected chi connectivity index (χ3v) is 3.68. The Hall–Kier alpha value is -2.72. The fourth-order valence-electron chi connectivity index (χ4n) is 2.49. The molecule has 0 spiro atoms. The van der Waals surface area contributed by atoms with Crippen molar-refractivity contribution >= 4 is 5.69 Å². The minimum absolute atomic E-state index is 0.563. The van der Waals surface area contributed by atoms with Gasteiger partial charge in [-0.05, 0) is 12.5 Å². The van der Waals surface area contributed by atoms with E-state index in [1.807, 2.05) is 42.6 Å². The molecule has 2 aromatic carbocycles. The van der Waals surface area contributed by atoms with Gasteiger partial charge in [0.2, 0.25) is 0 Å². The van der Waals surface area contributed by atoms with Crippen molar-refractivity contribution in [2.75, 3.05) is 18.4 Å². The Morgan fingerprint density at radius 2 is 1.74 bits per heavy atom. The molecule has 3 aromatic rings. The third-order valence-electron chi connectivity index (χ3n) is 3.68. The summed E-state index contributed by atoms with van der Waals surface area (Å²) in [5, 5.41) is 3.30. The second kappa shape index (κ2) is 7.03. The molecular formula is C19H20N4. The van der Waals surface area contributed by atoms with E-state index >= 15 is 0 Å². The molecule has 3 rings (SSSR count). The Morgan fingerprint density at radius 3 is 2.48 bits per heavy atom. The quantitative estimate of drug-likeness (QED) is 0.757. The largest absolute Gasteiger partial charge is 0.381 e. The van der Waals surface area contributed by atoms with Gasteiger partial charge in [0.05, 0.1) is 17.6 Å². The Kier molecular flexibility index (Phi) is 4.64. The van der Waals surface area contributed by atoms with Crippen molar-refractivity contribution in [2.24, 2.45) is 5.73 Å². The fourth-order valence-corrected chi connectivity index (χ4v) is 2.49. The standard InChI is InChI=1S/C19H20N4/c1-14-7-5-6-10-16(14)19-22-13-17(21-12-11-20)18(23-19)15-8-3-2-4-9-15/h2-10,13,21H,11-12,20H2,1H3. The number of hydrogen-bond donors (Lipinski definition) is 2. The minimum Gasteiger partial charge on any atom is -0.381 e. The van der Waals surface area contributed by atoms with Crippen molar-refractivity contribution in [2.45, 2.75) is 6.92 Å². The van der Waals surface area contributed by atoms with Gasteiger partial charge >= 0.3 is 0 Å². The van der Waals surface area contributed by atoms with Crippen LogP contribution in [0.4, 0.5) is 5.69 Å². The van der Waals surface area contributed by atoms with E-state index in [2.05, 4.69) is 35.4 Å². The summed E-state index contributed by atoms with van der Waals surface area (Å²) >= 11 is 0. The van der Waals surface area contributed by atoms with E-state index in [1.165, 1.54) is 0 Å². The van der Waals surface area contributed by atoms with Gasteiger partial charge in [0, 0.05) is 24.2 Å². The van der Waals surface area contributed by atoms with E-state index in [9.17, 15) is 0 Å². The Bertz CT molecular complexity index is 784. The number of nitrogens with one attached hydrogen (secondary N) is 1. The van der Waals surface area contributed by atoms with Crippen LogP contribution in [0.2, 0.25) is 0 Å². The average molecular weight is 304 g/mol. The summed E-state index contributed by atoms with van der Waals surface area (Å²) in [7, 11) is 0. The number of nitrogens with zero attached hydrogens (tertiary/aromatic N) is 2. The third kappa shape index (κ3) is 3.38. The average Bonchev–Trinajstić information content (AvgIpc) is 2.61. The zero-order chi connectivity index (χ0) is 16.1. The molecule has 1 heterocycles. The molecule has 0 saturated heterocycles. The summed E-state index contributed by atoms with van der Waals surface area (Å²) in [4.78, 5) is 9.35. The van der Waals surface area contributed by atoms with E-state index in [0.717, 1.165) is 33.9 Å². The smallest absolute Gasteiger partial charge is 0.160 e. The normalized spacial score (nSPS) is 10.5. The molecule has 4 heteroatoms. The zero-order valence-electron chi connectivity index (χ0n) is 13.2. The van der Waals surface area contributed by atoms with E-state index in [0.29, 0.717) is 13.1 Å². The number of rotatable bonds is 5. The first-order valence-electron chi connectivity index (χ1n) is 7.72. The molecule has 0 radical (unpaired) electrons. The van der Waals surface area contributed by atoms with Gasteiger partial charge in [-0.2, -0.15) is 0 Å². The van der Waals surface area contributed by atoms with Crippen LogP contribution in [0.15, 0.2) is 60.8 Å². The molecule has 0 unspecified atom stereocenters. The second-order valence-electron chi connectivity index (χ2n) is 5.35. The molecular weight excluding hydrogens is 284 g/mol. The van der Waals surface area contributed by atoms with Crippen molar-refractivity contribution in [3.8, 4) is 22.6 Å². The first-order chi connectivity index (χ1) is 11.3. The molecule has 3 N–H and O–H groups in total. The molecule has 0 atom stereocenters. The number of anilines is 1. The summed E-state index contributed by atoms with van der Waals surface area (Å²) < 4.78 is 0. The SMILES string of the molecule is Cc1ccccc1-c1ncc(NCCN)c(-c2ccccc2)n1. The van der Waals surface area contributed by atoms with Gasteiger partial charge in [-0.1, -0.05) is 54.6 Å². The lowest BCUT2D eigenvalue weighted by atomic mass is 10.1. The number of nitrogens with two attached hydrogens (primary N) is 1. The van der Waals surface area contributed by atoms with Crippen molar-refractivity contribution < 1.29 is 0 Å². The highest BCUT2D eigenvalue weighted by Crippen LogP contribution is 2.28. The predicted molar refractivity (Wildman–Crippen MR) is 95.2 cm³/mol.